The van der Waals surface area contributed by atoms with Gasteiger partial charge in [0.1, 0.15) is 6.04 Å². The number of nitrogens with one attached hydrogen (secondary N) is 1. The van der Waals surface area contributed by atoms with E-state index in [1.165, 1.54) is 7.11 Å². The number of rotatable bonds is 6. The Labute approximate surface area is 120 Å². The molecule has 1 aromatic rings. The van der Waals surface area contributed by atoms with Gasteiger partial charge in [0.15, 0.2) is 0 Å². The van der Waals surface area contributed by atoms with E-state index in [-0.39, 0.29) is 12.0 Å². The van der Waals surface area contributed by atoms with Crippen molar-refractivity contribution in [3.05, 3.63) is 34.3 Å². The Hall–Kier alpha value is -1.06. The topological polar surface area (TPSA) is 38.3 Å². The Morgan fingerprint density at radius 3 is 2.63 bits per heavy atom. The molecule has 1 N–H and O–H groups in total. The van der Waals surface area contributed by atoms with Crippen LogP contribution in [0.5, 0.6) is 0 Å². The predicted molar refractivity (Wildman–Crippen MR) is 78.3 cm³/mol. The summed E-state index contributed by atoms with van der Waals surface area (Å²) < 4.78 is 4.83. The second-order valence-corrected chi connectivity index (χ2v) is 5.59. The fourth-order valence-corrected chi connectivity index (χ4v) is 2.19. The summed E-state index contributed by atoms with van der Waals surface area (Å²) in [4.78, 5) is 11.7. The summed E-state index contributed by atoms with van der Waals surface area (Å²) in [7, 11) is 1.42. The molecule has 4 heteroatoms. The molecule has 1 aromatic carbocycles. The third-order valence-corrected chi connectivity index (χ3v) is 3.27. The van der Waals surface area contributed by atoms with Crippen molar-refractivity contribution in [3.8, 4) is 0 Å². The van der Waals surface area contributed by atoms with E-state index < -0.39 is 0 Å². The van der Waals surface area contributed by atoms with Crippen LogP contribution in [0.4, 0.5) is 0 Å². The SMILES string of the molecule is COC(=O)C(CC(C)C)NCc1ccc(Cl)cc1C. The lowest BCUT2D eigenvalue weighted by Crippen LogP contribution is -2.38. The van der Waals surface area contributed by atoms with Crippen LogP contribution in [0.2, 0.25) is 5.02 Å². The minimum Gasteiger partial charge on any atom is -0.468 e. The average molecular weight is 284 g/mol. The Morgan fingerprint density at radius 1 is 1.42 bits per heavy atom. The largest absolute Gasteiger partial charge is 0.468 e. The highest BCUT2D eigenvalue weighted by atomic mass is 35.5. The number of carbonyl (C=O) groups is 1. The molecule has 0 aromatic heterocycles. The monoisotopic (exact) mass is 283 g/mol. The number of methoxy groups -OCH3 is 1. The number of aryl methyl sites for hydroxylation is 1. The molecule has 1 rings (SSSR count). The molecule has 0 fully saturated rings. The van der Waals surface area contributed by atoms with Gasteiger partial charge in [0.05, 0.1) is 7.11 Å². The number of benzene rings is 1. The molecule has 1 unspecified atom stereocenters. The number of halogens is 1. The molecule has 0 aliphatic rings. The van der Waals surface area contributed by atoms with Crippen LogP contribution in [0.25, 0.3) is 0 Å². The van der Waals surface area contributed by atoms with Gasteiger partial charge in [-0.1, -0.05) is 31.5 Å². The zero-order valence-electron chi connectivity index (χ0n) is 12.0. The van der Waals surface area contributed by atoms with Crippen LogP contribution in [0, 0.1) is 12.8 Å². The predicted octanol–water partition coefficient (Wildman–Crippen LogP) is 3.33. The van der Waals surface area contributed by atoms with Gasteiger partial charge in [-0.25, -0.2) is 0 Å². The van der Waals surface area contributed by atoms with Gasteiger partial charge in [0.2, 0.25) is 0 Å². The zero-order valence-corrected chi connectivity index (χ0v) is 12.8. The highest BCUT2D eigenvalue weighted by Crippen LogP contribution is 2.15. The van der Waals surface area contributed by atoms with Crippen LogP contribution in [0.15, 0.2) is 18.2 Å². The summed E-state index contributed by atoms with van der Waals surface area (Å²) in [6, 6.07) is 5.50. The lowest BCUT2D eigenvalue weighted by Gasteiger charge is -2.19. The third kappa shape index (κ3) is 5.21. The molecule has 19 heavy (non-hydrogen) atoms. The summed E-state index contributed by atoms with van der Waals surface area (Å²) in [5.74, 6) is 0.225. The normalized spacial score (nSPS) is 12.5. The quantitative estimate of drug-likeness (QED) is 0.814. The third-order valence-electron chi connectivity index (χ3n) is 3.04. The first-order chi connectivity index (χ1) is 8.93. The lowest BCUT2D eigenvalue weighted by molar-refractivity contribution is -0.143. The smallest absolute Gasteiger partial charge is 0.322 e. The molecule has 0 saturated carbocycles. The Morgan fingerprint density at radius 2 is 2.11 bits per heavy atom. The molecule has 3 nitrogen and oxygen atoms in total. The van der Waals surface area contributed by atoms with E-state index in [2.05, 4.69) is 19.2 Å². The van der Waals surface area contributed by atoms with Crippen molar-refractivity contribution in [1.29, 1.82) is 0 Å². The Balaban J connectivity index is 2.67. The second-order valence-electron chi connectivity index (χ2n) is 5.16. The first kappa shape index (κ1) is 16.0. The molecule has 1 atom stereocenters. The number of hydrogen-bond donors (Lipinski definition) is 1. The first-order valence-corrected chi connectivity index (χ1v) is 6.88. The van der Waals surface area contributed by atoms with Crippen molar-refractivity contribution in [2.45, 2.75) is 39.8 Å². The van der Waals surface area contributed by atoms with Gasteiger partial charge in [-0.15, -0.1) is 0 Å². The van der Waals surface area contributed by atoms with Gasteiger partial charge in [-0.2, -0.15) is 0 Å². The molecule has 0 saturated heterocycles. The maximum Gasteiger partial charge on any atom is 0.322 e. The summed E-state index contributed by atoms with van der Waals surface area (Å²) in [5.41, 5.74) is 2.26. The summed E-state index contributed by atoms with van der Waals surface area (Å²) in [6.07, 6.45) is 0.763. The fraction of sp³-hybridized carbons (Fsp3) is 0.533. The Bertz CT molecular complexity index is 432. The van der Waals surface area contributed by atoms with Crippen LogP contribution < -0.4 is 5.32 Å². The zero-order chi connectivity index (χ0) is 14.4. The van der Waals surface area contributed by atoms with Crippen molar-refractivity contribution in [2.75, 3.05) is 7.11 Å². The standard InChI is InChI=1S/C15H22ClNO2/c1-10(2)7-14(15(18)19-4)17-9-12-5-6-13(16)8-11(12)3/h5-6,8,10,14,17H,7,9H2,1-4H3. The van der Waals surface area contributed by atoms with Gasteiger partial charge in [0.25, 0.3) is 0 Å². The molecule has 0 spiro atoms. The van der Waals surface area contributed by atoms with Crippen molar-refractivity contribution in [1.82, 2.24) is 5.32 Å². The van der Waals surface area contributed by atoms with Crippen molar-refractivity contribution < 1.29 is 9.53 Å². The second kappa shape index (κ2) is 7.51. The van der Waals surface area contributed by atoms with Gasteiger partial charge >= 0.3 is 5.97 Å². The summed E-state index contributed by atoms with van der Waals surface area (Å²) in [5, 5.41) is 3.99. The van der Waals surface area contributed by atoms with Crippen molar-refractivity contribution >= 4 is 17.6 Å². The van der Waals surface area contributed by atoms with E-state index >= 15 is 0 Å². The maximum absolute atomic E-state index is 11.7. The van der Waals surface area contributed by atoms with Crippen LogP contribution in [0.3, 0.4) is 0 Å². The van der Waals surface area contributed by atoms with Crippen LogP contribution in [0.1, 0.15) is 31.4 Å². The minimum atomic E-state index is -0.264. The van der Waals surface area contributed by atoms with Crippen molar-refractivity contribution in [3.63, 3.8) is 0 Å². The van der Waals surface area contributed by atoms with Crippen LogP contribution in [-0.4, -0.2) is 19.1 Å². The average Bonchev–Trinajstić information content (AvgIpc) is 2.34. The Kier molecular flexibility index (Phi) is 6.32. The van der Waals surface area contributed by atoms with E-state index in [0.29, 0.717) is 12.5 Å². The van der Waals surface area contributed by atoms with Crippen molar-refractivity contribution in [2.24, 2.45) is 5.92 Å². The number of carbonyl (C=O) groups excluding carboxylic acids is 1. The lowest BCUT2D eigenvalue weighted by atomic mass is 10.0. The van der Waals surface area contributed by atoms with Gasteiger partial charge in [-0.05, 0) is 42.5 Å². The molecule has 106 valence electrons. The number of ether oxygens (including phenoxy) is 1. The summed E-state index contributed by atoms with van der Waals surface area (Å²) >= 11 is 5.93. The molecule has 0 radical (unpaired) electrons. The van der Waals surface area contributed by atoms with E-state index in [0.717, 1.165) is 22.6 Å². The number of hydrogen-bond acceptors (Lipinski definition) is 3. The van der Waals surface area contributed by atoms with Crippen LogP contribution >= 0.6 is 11.6 Å². The molecule has 0 amide bonds. The first-order valence-electron chi connectivity index (χ1n) is 6.50. The highest BCUT2D eigenvalue weighted by molar-refractivity contribution is 6.30. The van der Waals surface area contributed by atoms with Gasteiger partial charge < -0.3 is 10.1 Å². The van der Waals surface area contributed by atoms with Gasteiger partial charge in [-0.3, -0.25) is 4.79 Å². The molecular weight excluding hydrogens is 262 g/mol. The number of esters is 1. The molecular formula is C15H22ClNO2. The summed E-state index contributed by atoms with van der Waals surface area (Å²) in [6.45, 7) is 6.82. The van der Waals surface area contributed by atoms with Gasteiger partial charge in [0, 0.05) is 11.6 Å². The maximum atomic E-state index is 11.7. The molecule has 0 bridgehead atoms. The van der Waals surface area contributed by atoms with E-state index in [9.17, 15) is 4.79 Å². The van der Waals surface area contributed by atoms with Crippen LogP contribution in [-0.2, 0) is 16.1 Å². The molecule has 0 aliphatic carbocycles. The van der Waals surface area contributed by atoms with E-state index in [1.807, 2.05) is 25.1 Å². The molecule has 0 heterocycles. The molecule has 0 aliphatic heterocycles. The van der Waals surface area contributed by atoms with E-state index in [4.69, 9.17) is 16.3 Å². The minimum absolute atomic E-state index is 0.208. The highest BCUT2D eigenvalue weighted by Gasteiger charge is 2.19. The van der Waals surface area contributed by atoms with E-state index in [1.54, 1.807) is 0 Å². The fourth-order valence-electron chi connectivity index (χ4n) is 1.97.